The number of rotatable bonds is 5. The maximum absolute atomic E-state index is 11.6. The Labute approximate surface area is 100 Å². The average Bonchev–Trinajstić information content (AvgIpc) is 2.59. The van der Waals surface area contributed by atoms with Gasteiger partial charge in [-0.1, -0.05) is 0 Å². The molecule has 1 fully saturated rings. The zero-order valence-corrected chi connectivity index (χ0v) is 10.4. The van der Waals surface area contributed by atoms with Crippen molar-refractivity contribution in [1.29, 1.82) is 0 Å². The number of amides is 2. The zero-order chi connectivity index (χ0) is 13.1. The van der Waals surface area contributed by atoms with Gasteiger partial charge in [0.15, 0.2) is 0 Å². The zero-order valence-electron chi connectivity index (χ0n) is 9.60. The van der Waals surface area contributed by atoms with Crippen LogP contribution in [0.2, 0.25) is 0 Å². The summed E-state index contributed by atoms with van der Waals surface area (Å²) in [7, 11) is -3.12. The highest BCUT2D eigenvalue weighted by molar-refractivity contribution is 7.90. The van der Waals surface area contributed by atoms with Crippen molar-refractivity contribution in [3.63, 3.8) is 0 Å². The predicted molar refractivity (Wildman–Crippen MR) is 61.9 cm³/mol. The highest BCUT2D eigenvalue weighted by atomic mass is 32.2. The topological polar surface area (TPSA) is 118 Å². The minimum absolute atomic E-state index is 0.0821. The maximum atomic E-state index is 11.6. The first-order valence-corrected chi connectivity index (χ1v) is 7.34. The van der Waals surface area contributed by atoms with Crippen molar-refractivity contribution in [3.8, 4) is 0 Å². The van der Waals surface area contributed by atoms with E-state index in [4.69, 9.17) is 5.73 Å². The van der Waals surface area contributed by atoms with Gasteiger partial charge >= 0.3 is 0 Å². The van der Waals surface area contributed by atoms with Gasteiger partial charge < -0.3 is 16.4 Å². The summed E-state index contributed by atoms with van der Waals surface area (Å²) in [5.74, 6) is -0.654. The molecule has 1 heterocycles. The second-order valence-corrected chi connectivity index (χ2v) is 6.50. The standard InChI is InChI=1S/C9H17N3O4S/c1-17(15,16)3-2-7(10)9(14)12-6-4-8(13)11-5-6/h6-7H,2-5,10H2,1H3,(H,11,13)(H,12,14). The quantitative estimate of drug-likeness (QED) is 0.518. The molecule has 2 amide bonds. The van der Waals surface area contributed by atoms with Crippen molar-refractivity contribution < 1.29 is 18.0 Å². The summed E-state index contributed by atoms with van der Waals surface area (Å²) in [6.45, 7) is 0.392. The fourth-order valence-corrected chi connectivity index (χ4v) is 2.17. The molecule has 7 nitrogen and oxygen atoms in total. The molecule has 4 N–H and O–H groups in total. The first kappa shape index (κ1) is 13.9. The van der Waals surface area contributed by atoms with Crippen LogP contribution in [0.1, 0.15) is 12.8 Å². The third-order valence-corrected chi connectivity index (χ3v) is 3.44. The van der Waals surface area contributed by atoms with E-state index in [0.29, 0.717) is 6.54 Å². The number of carbonyl (C=O) groups excluding carboxylic acids is 2. The fraction of sp³-hybridized carbons (Fsp3) is 0.778. The Morgan fingerprint density at radius 1 is 1.65 bits per heavy atom. The molecule has 8 heteroatoms. The van der Waals surface area contributed by atoms with Gasteiger partial charge in [0.2, 0.25) is 11.8 Å². The maximum Gasteiger partial charge on any atom is 0.237 e. The Morgan fingerprint density at radius 3 is 2.76 bits per heavy atom. The molecule has 1 rings (SSSR count). The number of nitrogens with one attached hydrogen (secondary N) is 2. The summed E-state index contributed by atoms with van der Waals surface area (Å²) in [6.07, 6.45) is 1.42. The Morgan fingerprint density at radius 2 is 2.29 bits per heavy atom. The molecule has 0 aromatic carbocycles. The van der Waals surface area contributed by atoms with Crippen molar-refractivity contribution in [2.24, 2.45) is 5.73 Å². The van der Waals surface area contributed by atoms with E-state index in [1.807, 2.05) is 0 Å². The van der Waals surface area contributed by atoms with Crippen LogP contribution < -0.4 is 16.4 Å². The minimum atomic E-state index is -3.12. The number of carbonyl (C=O) groups is 2. The lowest BCUT2D eigenvalue weighted by Gasteiger charge is -2.15. The van der Waals surface area contributed by atoms with Gasteiger partial charge in [-0.25, -0.2) is 8.42 Å². The number of nitrogens with two attached hydrogens (primary N) is 1. The SMILES string of the molecule is CS(=O)(=O)CCC(N)C(=O)NC1CNC(=O)C1. The first-order chi connectivity index (χ1) is 7.78. The summed E-state index contributed by atoms with van der Waals surface area (Å²) in [4.78, 5) is 22.4. The van der Waals surface area contributed by atoms with Gasteiger partial charge in [0.1, 0.15) is 9.84 Å². The van der Waals surface area contributed by atoms with Gasteiger partial charge in [-0.15, -0.1) is 0 Å². The number of hydrogen-bond acceptors (Lipinski definition) is 5. The highest BCUT2D eigenvalue weighted by Crippen LogP contribution is 2.01. The Balaban J connectivity index is 2.34. The monoisotopic (exact) mass is 263 g/mol. The van der Waals surface area contributed by atoms with E-state index >= 15 is 0 Å². The Kier molecular flexibility index (Phi) is 4.47. The van der Waals surface area contributed by atoms with E-state index in [1.54, 1.807) is 0 Å². The summed E-state index contributed by atoms with van der Waals surface area (Å²) in [5, 5.41) is 5.18. The lowest BCUT2D eigenvalue weighted by molar-refractivity contribution is -0.123. The van der Waals surface area contributed by atoms with E-state index in [9.17, 15) is 18.0 Å². The molecule has 0 bridgehead atoms. The second kappa shape index (κ2) is 5.46. The molecule has 0 spiro atoms. The Hall–Kier alpha value is -1.15. The van der Waals surface area contributed by atoms with Crippen LogP contribution in [0, 0.1) is 0 Å². The fourth-order valence-electron chi connectivity index (χ4n) is 1.49. The molecule has 0 radical (unpaired) electrons. The summed E-state index contributed by atoms with van der Waals surface area (Å²) in [6, 6.07) is -1.11. The van der Waals surface area contributed by atoms with E-state index in [1.165, 1.54) is 0 Å². The second-order valence-electron chi connectivity index (χ2n) is 4.24. The molecule has 0 aromatic heterocycles. The van der Waals surface area contributed by atoms with Crippen molar-refractivity contribution in [1.82, 2.24) is 10.6 Å². The first-order valence-electron chi connectivity index (χ1n) is 5.28. The van der Waals surface area contributed by atoms with Crippen molar-refractivity contribution >= 4 is 21.7 Å². The number of sulfone groups is 1. The highest BCUT2D eigenvalue weighted by Gasteiger charge is 2.25. The van der Waals surface area contributed by atoms with Crippen LogP contribution in [-0.2, 0) is 19.4 Å². The molecule has 0 saturated carbocycles. The summed E-state index contributed by atoms with van der Waals surface area (Å²) >= 11 is 0. The third kappa shape index (κ3) is 5.14. The van der Waals surface area contributed by atoms with Crippen molar-refractivity contribution in [2.45, 2.75) is 24.9 Å². The average molecular weight is 263 g/mol. The van der Waals surface area contributed by atoms with Gasteiger partial charge in [0.25, 0.3) is 0 Å². The van der Waals surface area contributed by atoms with Crippen LogP contribution in [-0.4, -0.2) is 50.9 Å². The van der Waals surface area contributed by atoms with E-state index in [0.717, 1.165) is 6.26 Å². The van der Waals surface area contributed by atoms with E-state index in [2.05, 4.69) is 10.6 Å². The molecule has 1 saturated heterocycles. The lowest BCUT2D eigenvalue weighted by atomic mass is 10.2. The van der Waals surface area contributed by atoms with E-state index in [-0.39, 0.29) is 30.5 Å². The molecule has 2 atom stereocenters. The van der Waals surface area contributed by atoms with Gasteiger partial charge in [0, 0.05) is 19.2 Å². The predicted octanol–water partition coefficient (Wildman–Crippen LogP) is -2.25. The van der Waals surface area contributed by atoms with Crippen LogP contribution in [0.4, 0.5) is 0 Å². The van der Waals surface area contributed by atoms with E-state index < -0.39 is 21.8 Å². The molecule has 0 aromatic rings. The summed E-state index contributed by atoms with van der Waals surface area (Å²) < 4.78 is 21.8. The summed E-state index contributed by atoms with van der Waals surface area (Å²) in [5.41, 5.74) is 5.56. The largest absolute Gasteiger partial charge is 0.354 e. The van der Waals surface area contributed by atoms with Gasteiger partial charge in [-0.2, -0.15) is 0 Å². The van der Waals surface area contributed by atoms with Crippen molar-refractivity contribution in [2.75, 3.05) is 18.6 Å². The Bertz CT molecular complexity index is 406. The van der Waals surface area contributed by atoms with Gasteiger partial charge in [0.05, 0.1) is 17.8 Å². The van der Waals surface area contributed by atoms with Gasteiger partial charge in [-0.3, -0.25) is 9.59 Å². The molecule has 1 aliphatic heterocycles. The molecule has 98 valence electrons. The smallest absolute Gasteiger partial charge is 0.237 e. The van der Waals surface area contributed by atoms with Crippen LogP contribution in [0.5, 0.6) is 0 Å². The molecular formula is C9H17N3O4S. The van der Waals surface area contributed by atoms with Crippen LogP contribution in [0.15, 0.2) is 0 Å². The molecule has 1 aliphatic rings. The number of hydrogen-bond donors (Lipinski definition) is 3. The normalized spacial score (nSPS) is 22.0. The van der Waals surface area contributed by atoms with Crippen LogP contribution in [0.25, 0.3) is 0 Å². The van der Waals surface area contributed by atoms with Crippen LogP contribution >= 0.6 is 0 Å². The molecular weight excluding hydrogens is 246 g/mol. The minimum Gasteiger partial charge on any atom is -0.354 e. The molecule has 2 unspecified atom stereocenters. The van der Waals surface area contributed by atoms with Gasteiger partial charge in [-0.05, 0) is 6.42 Å². The van der Waals surface area contributed by atoms with Crippen molar-refractivity contribution in [3.05, 3.63) is 0 Å². The third-order valence-electron chi connectivity index (χ3n) is 2.46. The lowest BCUT2D eigenvalue weighted by Crippen LogP contribution is -2.46. The van der Waals surface area contributed by atoms with Crippen LogP contribution in [0.3, 0.4) is 0 Å². The molecule has 17 heavy (non-hydrogen) atoms. The molecule has 0 aliphatic carbocycles.